The summed E-state index contributed by atoms with van der Waals surface area (Å²) < 4.78 is 6.12. The van der Waals surface area contributed by atoms with E-state index in [-0.39, 0.29) is 6.03 Å². The summed E-state index contributed by atoms with van der Waals surface area (Å²) in [5.41, 5.74) is 3.03. The van der Waals surface area contributed by atoms with Crippen molar-refractivity contribution in [2.75, 3.05) is 12.4 Å². The van der Waals surface area contributed by atoms with E-state index in [4.69, 9.17) is 4.74 Å². The standard InChI is InChI=1S/C17H17N3O2S/c1-22-11-13-8-6-12(7-9-13)10-18-16(21)20-17-19-14-4-2-3-5-15(14)23-17/h2-9H,10-11H2,1H3,(H2,18,19,20,21). The van der Waals surface area contributed by atoms with Crippen molar-refractivity contribution in [1.82, 2.24) is 10.3 Å². The molecule has 5 nitrogen and oxygen atoms in total. The fourth-order valence-corrected chi connectivity index (χ4v) is 3.03. The van der Waals surface area contributed by atoms with Crippen molar-refractivity contribution in [3.8, 4) is 0 Å². The smallest absolute Gasteiger partial charge is 0.321 e. The minimum Gasteiger partial charge on any atom is -0.380 e. The van der Waals surface area contributed by atoms with Gasteiger partial charge in [0.1, 0.15) is 0 Å². The number of nitrogens with zero attached hydrogens (tertiary/aromatic N) is 1. The maximum Gasteiger partial charge on any atom is 0.321 e. The Bertz CT molecular complexity index is 766. The Morgan fingerprint density at radius 3 is 2.61 bits per heavy atom. The third-order valence-corrected chi connectivity index (χ3v) is 4.25. The lowest BCUT2D eigenvalue weighted by Gasteiger charge is -2.06. The molecule has 2 aromatic carbocycles. The Kier molecular flexibility index (Phi) is 4.85. The van der Waals surface area contributed by atoms with Crippen molar-refractivity contribution in [3.63, 3.8) is 0 Å². The maximum absolute atomic E-state index is 12.0. The molecule has 2 N–H and O–H groups in total. The van der Waals surface area contributed by atoms with Gasteiger partial charge in [-0.2, -0.15) is 0 Å². The van der Waals surface area contributed by atoms with E-state index < -0.39 is 0 Å². The van der Waals surface area contributed by atoms with E-state index in [1.54, 1.807) is 7.11 Å². The number of ether oxygens (including phenoxy) is 1. The number of rotatable bonds is 5. The second-order valence-corrected chi connectivity index (χ2v) is 6.07. The van der Waals surface area contributed by atoms with Crippen LogP contribution >= 0.6 is 11.3 Å². The molecule has 0 saturated carbocycles. The maximum atomic E-state index is 12.0. The largest absolute Gasteiger partial charge is 0.380 e. The van der Waals surface area contributed by atoms with Crippen LogP contribution in [0.5, 0.6) is 0 Å². The van der Waals surface area contributed by atoms with E-state index in [2.05, 4.69) is 15.6 Å². The number of carbonyl (C=O) groups is 1. The molecule has 0 unspecified atom stereocenters. The number of urea groups is 1. The number of amides is 2. The summed E-state index contributed by atoms with van der Waals surface area (Å²) in [5, 5.41) is 6.20. The fourth-order valence-electron chi connectivity index (χ4n) is 2.17. The first-order valence-corrected chi connectivity index (χ1v) is 8.03. The lowest BCUT2D eigenvalue weighted by molar-refractivity contribution is 0.185. The SMILES string of the molecule is COCc1ccc(CNC(=O)Nc2nc3ccccc3s2)cc1. The zero-order valence-electron chi connectivity index (χ0n) is 12.7. The van der Waals surface area contributed by atoms with Gasteiger partial charge in [0.05, 0.1) is 16.8 Å². The first kappa shape index (κ1) is 15.5. The molecule has 3 aromatic rings. The summed E-state index contributed by atoms with van der Waals surface area (Å²) >= 11 is 1.46. The van der Waals surface area contributed by atoms with Crippen molar-refractivity contribution in [1.29, 1.82) is 0 Å². The van der Waals surface area contributed by atoms with Gasteiger partial charge >= 0.3 is 6.03 Å². The molecule has 0 fully saturated rings. The summed E-state index contributed by atoms with van der Waals surface area (Å²) in [6, 6.07) is 15.5. The third kappa shape index (κ3) is 4.06. The van der Waals surface area contributed by atoms with Crippen LogP contribution in [0.2, 0.25) is 0 Å². The van der Waals surface area contributed by atoms with Gasteiger partial charge in [-0.05, 0) is 23.3 Å². The molecule has 2 amide bonds. The van der Waals surface area contributed by atoms with Crippen LogP contribution in [-0.4, -0.2) is 18.1 Å². The molecule has 23 heavy (non-hydrogen) atoms. The Balaban J connectivity index is 1.54. The summed E-state index contributed by atoms with van der Waals surface area (Å²) in [5.74, 6) is 0. The van der Waals surface area contributed by atoms with Gasteiger partial charge in [-0.15, -0.1) is 0 Å². The average molecular weight is 327 g/mol. The summed E-state index contributed by atoms with van der Waals surface area (Å²) in [4.78, 5) is 16.3. The lowest BCUT2D eigenvalue weighted by atomic mass is 10.1. The zero-order valence-corrected chi connectivity index (χ0v) is 13.5. The van der Waals surface area contributed by atoms with Gasteiger partial charge < -0.3 is 10.1 Å². The lowest BCUT2D eigenvalue weighted by Crippen LogP contribution is -2.28. The number of hydrogen-bond acceptors (Lipinski definition) is 4. The molecule has 118 valence electrons. The molecule has 6 heteroatoms. The minimum atomic E-state index is -0.259. The molecule has 0 aliphatic rings. The number of fused-ring (bicyclic) bond motifs is 1. The highest BCUT2D eigenvalue weighted by Gasteiger charge is 2.07. The third-order valence-electron chi connectivity index (χ3n) is 3.30. The summed E-state index contributed by atoms with van der Waals surface area (Å²) in [6.45, 7) is 1.05. The van der Waals surface area contributed by atoms with Crippen molar-refractivity contribution in [2.24, 2.45) is 0 Å². The molecule has 0 bridgehead atoms. The molecule has 1 heterocycles. The van der Waals surface area contributed by atoms with Gasteiger partial charge in [0.25, 0.3) is 0 Å². The molecular weight excluding hydrogens is 310 g/mol. The van der Waals surface area contributed by atoms with E-state index in [1.807, 2.05) is 48.5 Å². The second-order valence-electron chi connectivity index (χ2n) is 5.04. The molecule has 3 rings (SSSR count). The van der Waals surface area contributed by atoms with Crippen molar-refractivity contribution >= 4 is 32.7 Å². The van der Waals surface area contributed by atoms with Gasteiger partial charge in [0.2, 0.25) is 0 Å². The number of aromatic nitrogens is 1. The Labute approximate surface area is 138 Å². The van der Waals surface area contributed by atoms with Crippen LogP contribution < -0.4 is 10.6 Å². The fraction of sp³-hybridized carbons (Fsp3) is 0.176. The number of anilines is 1. The van der Waals surface area contributed by atoms with Gasteiger partial charge in [-0.3, -0.25) is 5.32 Å². The summed E-state index contributed by atoms with van der Waals surface area (Å²) in [7, 11) is 1.67. The van der Waals surface area contributed by atoms with E-state index in [0.29, 0.717) is 18.3 Å². The van der Waals surface area contributed by atoms with Crippen LogP contribution in [0.15, 0.2) is 48.5 Å². The first-order chi connectivity index (χ1) is 11.2. The van der Waals surface area contributed by atoms with Gasteiger partial charge in [-0.25, -0.2) is 9.78 Å². The quantitative estimate of drug-likeness (QED) is 0.750. The van der Waals surface area contributed by atoms with Gasteiger partial charge in [-0.1, -0.05) is 47.7 Å². The Morgan fingerprint density at radius 2 is 1.87 bits per heavy atom. The normalized spacial score (nSPS) is 10.7. The van der Waals surface area contributed by atoms with Crippen LogP contribution in [0.4, 0.5) is 9.93 Å². The van der Waals surface area contributed by atoms with Crippen LogP contribution in [0.3, 0.4) is 0 Å². The number of benzene rings is 2. The van der Waals surface area contributed by atoms with Crippen LogP contribution in [-0.2, 0) is 17.9 Å². The monoisotopic (exact) mass is 327 g/mol. The van der Waals surface area contributed by atoms with Gasteiger partial charge in [0, 0.05) is 13.7 Å². The number of thiazole rings is 1. The molecule has 0 saturated heterocycles. The van der Waals surface area contributed by atoms with E-state index in [1.165, 1.54) is 11.3 Å². The van der Waals surface area contributed by atoms with Crippen molar-refractivity contribution in [2.45, 2.75) is 13.2 Å². The first-order valence-electron chi connectivity index (χ1n) is 7.22. The molecule has 0 atom stereocenters. The molecular formula is C17H17N3O2S. The van der Waals surface area contributed by atoms with E-state index in [9.17, 15) is 4.79 Å². The molecule has 0 spiro atoms. The van der Waals surface area contributed by atoms with E-state index in [0.717, 1.165) is 21.3 Å². The molecule has 0 radical (unpaired) electrons. The van der Waals surface area contributed by atoms with Crippen molar-refractivity contribution < 1.29 is 9.53 Å². The average Bonchev–Trinajstić information content (AvgIpc) is 2.96. The van der Waals surface area contributed by atoms with E-state index >= 15 is 0 Å². The second kappa shape index (κ2) is 7.21. The van der Waals surface area contributed by atoms with Crippen LogP contribution in [0.1, 0.15) is 11.1 Å². The number of carbonyl (C=O) groups excluding carboxylic acids is 1. The predicted molar refractivity (Wildman–Crippen MR) is 92.6 cm³/mol. The van der Waals surface area contributed by atoms with Crippen LogP contribution in [0, 0.1) is 0 Å². The predicted octanol–water partition coefficient (Wildman–Crippen LogP) is 3.76. The van der Waals surface area contributed by atoms with Gasteiger partial charge in [0.15, 0.2) is 5.13 Å². The highest BCUT2D eigenvalue weighted by Crippen LogP contribution is 2.25. The number of para-hydroxylation sites is 1. The highest BCUT2D eigenvalue weighted by atomic mass is 32.1. The Morgan fingerprint density at radius 1 is 1.13 bits per heavy atom. The van der Waals surface area contributed by atoms with Crippen LogP contribution in [0.25, 0.3) is 10.2 Å². The molecule has 0 aliphatic heterocycles. The topological polar surface area (TPSA) is 63.2 Å². The minimum absolute atomic E-state index is 0.259. The highest BCUT2D eigenvalue weighted by molar-refractivity contribution is 7.22. The Hall–Kier alpha value is -2.44. The number of hydrogen-bond donors (Lipinski definition) is 2. The molecule has 1 aromatic heterocycles. The number of nitrogens with one attached hydrogen (secondary N) is 2. The zero-order chi connectivity index (χ0) is 16.1. The summed E-state index contributed by atoms with van der Waals surface area (Å²) in [6.07, 6.45) is 0. The molecule has 0 aliphatic carbocycles. The number of methoxy groups -OCH3 is 1. The van der Waals surface area contributed by atoms with Crippen molar-refractivity contribution in [3.05, 3.63) is 59.7 Å².